The molecule has 0 unspecified atom stereocenters. The first kappa shape index (κ1) is 15.9. The van der Waals surface area contributed by atoms with E-state index in [9.17, 15) is 13.2 Å². The Hall–Kier alpha value is -1.49. The molecule has 5 heteroatoms. The Labute approximate surface area is 122 Å². The van der Waals surface area contributed by atoms with Gasteiger partial charge in [-0.15, -0.1) is 0 Å². The Morgan fingerprint density at radius 3 is 2.43 bits per heavy atom. The summed E-state index contributed by atoms with van der Waals surface area (Å²) in [5, 5.41) is 0. The predicted octanol–water partition coefficient (Wildman–Crippen LogP) is 4.46. The van der Waals surface area contributed by atoms with E-state index in [1.807, 2.05) is 37.3 Å². The summed E-state index contributed by atoms with van der Waals surface area (Å²) < 4.78 is 50.1. The highest BCUT2D eigenvalue weighted by Crippen LogP contribution is 2.38. The van der Waals surface area contributed by atoms with Gasteiger partial charge in [0.05, 0.1) is 24.5 Å². The highest BCUT2D eigenvalue weighted by atomic mass is 19.4. The summed E-state index contributed by atoms with van der Waals surface area (Å²) >= 11 is 0. The molecule has 0 N–H and O–H groups in total. The number of hydrogen-bond donors (Lipinski definition) is 0. The van der Waals surface area contributed by atoms with Crippen LogP contribution < -0.4 is 0 Å². The number of rotatable bonds is 4. The summed E-state index contributed by atoms with van der Waals surface area (Å²) in [4.78, 5) is 0. The van der Waals surface area contributed by atoms with Crippen molar-refractivity contribution in [3.8, 4) is 0 Å². The minimum Gasteiger partial charge on any atom is -0.497 e. The quantitative estimate of drug-likeness (QED) is 0.817. The van der Waals surface area contributed by atoms with Gasteiger partial charge in [0.25, 0.3) is 0 Å². The van der Waals surface area contributed by atoms with Crippen LogP contribution in [0.3, 0.4) is 0 Å². The van der Waals surface area contributed by atoms with Crippen LogP contribution in [0.1, 0.15) is 25.8 Å². The largest absolute Gasteiger partial charge is 0.497 e. The lowest BCUT2D eigenvalue weighted by molar-refractivity contribution is -0.139. The van der Waals surface area contributed by atoms with Crippen molar-refractivity contribution in [1.29, 1.82) is 0 Å². The smallest absolute Gasteiger partial charge is 0.418 e. The second kappa shape index (κ2) is 6.52. The first-order valence-corrected chi connectivity index (χ1v) is 7.01. The lowest BCUT2D eigenvalue weighted by Crippen LogP contribution is -2.41. The SMILES string of the molecule is CC[C@H]1OC=C(C(F)(F)F)[C@@H](OCc2ccccc2)[C@H]1C. The molecular formula is C16H19F3O2. The van der Waals surface area contributed by atoms with Crippen LogP contribution in [0.2, 0.25) is 0 Å². The van der Waals surface area contributed by atoms with Crippen molar-refractivity contribution in [2.75, 3.05) is 0 Å². The fourth-order valence-electron chi connectivity index (χ4n) is 2.53. The maximum Gasteiger partial charge on any atom is 0.418 e. The van der Waals surface area contributed by atoms with Crippen molar-refractivity contribution in [1.82, 2.24) is 0 Å². The first-order chi connectivity index (χ1) is 9.93. The molecule has 2 rings (SSSR count). The fourth-order valence-corrected chi connectivity index (χ4v) is 2.53. The van der Waals surface area contributed by atoms with Crippen molar-refractivity contribution >= 4 is 0 Å². The Balaban J connectivity index is 2.15. The minimum absolute atomic E-state index is 0.152. The molecule has 0 aromatic heterocycles. The van der Waals surface area contributed by atoms with Gasteiger partial charge in [-0.1, -0.05) is 44.2 Å². The molecule has 1 heterocycles. The van der Waals surface area contributed by atoms with Gasteiger partial charge in [0.1, 0.15) is 6.10 Å². The maximum absolute atomic E-state index is 13.1. The molecule has 1 aromatic rings. The van der Waals surface area contributed by atoms with E-state index >= 15 is 0 Å². The van der Waals surface area contributed by atoms with Crippen molar-refractivity contribution in [3.05, 3.63) is 47.7 Å². The number of hydrogen-bond acceptors (Lipinski definition) is 2. The van der Waals surface area contributed by atoms with E-state index < -0.39 is 17.9 Å². The van der Waals surface area contributed by atoms with E-state index in [0.717, 1.165) is 11.8 Å². The number of halogens is 3. The Bertz CT molecular complexity index is 482. The van der Waals surface area contributed by atoms with E-state index in [1.165, 1.54) is 0 Å². The lowest BCUT2D eigenvalue weighted by Gasteiger charge is -2.36. The fraction of sp³-hybridized carbons (Fsp3) is 0.500. The molecule has 0 radical (unpaired) electrons. The summed E-state index contributed by atoms with van der Waals surface area (Å²) in [6, 6.07) is 9.19. The average molecular weight is 300 g/mol. The molecule has 0 saturated carbocycles. The molecule has 0 aliphatic carbocycles. The summed E-state index contributed by atoms with van der Waals surface area (Å²) in [6.45, 7) is 3.78. The monoisotopic (exact) mass is 300 g/mol. The van der Waals surface area contributed by atoms with Crippen LogP contribution in [0.4, 0.5) is 13.2 Å². The van der Waals surface area contributed by atoms with Gasteiger partial charge in [0, 0.05) is 5.92 Å². The van der Waals surface area contributed by atoms with Crippen LogP contribution >= 0.6 is 0 Å². The molecule has 2 nitrogen and oxygen atoms in total. The third-order valence-electron chi connectivity index (χ3n) is 3.74. The van der Waals surface area contributed by atoms with Crippen LogP contribution in [0, 0.1) is 5.92 Å². The van der Waals surface area contributed by atoms with Crippen LogP contribution in [0.25, 0.3) is 0 Å². The summed E-state index contributed by atoms with van der Waals surface area (Å²) in [6.07, 6.45) is -4.22. The van der Waals surface area contributed by atoms with Crippen molar-refractivity contribution < 1.29 is 22.6 Å². The van der Waals surface area contributed by atoms with E-state index in [2.05, 4.69) is 0 Å². The van der Waals surface area contributed by atoms with Gasteiger partial charge in [0.15, 0.2) is 0 Å². The van der Waals surface area contributed by atoms with Crippen molar-refractivity contribution in [2.45, 2.75) is 45.3 Å². The maximum atomic E-state index is 13.1. The predicted molar refractivity (Wildman–Crippen MR) is 73.5 cm³/mol. The van der Waals surface area contributed by atoms with Crippen LogP contribution in [-0.2, 0) is 16.1 Å². The van der Waals surface area contributed by atoms with Gasteiger partial charge in [-0.25, -0.2) is 0 Å². The summed E-state index contributed by atoms with van der Waals surface area (Å²) in [7, 11) is 0. The van der Waals surface area contributed by atoms with Gasteiger partial charge in [-0.2, -0.15) is 13.2 Å². The summed E-state index contributed by atoms with van der Waals surface area (Å²) in [5.74, 6) is -0.347. The third kappa shape index (κ3) is 3.79. The third-order valence-corrected chi connectivity index (χ3v) is 3.74. The molecule has 0 spiro atoms. The molecule has 0 bridgehead atoms. The summed E-state index contributed by atoms with van der Waals surface area (Å²) in [5.41, 5.74) is 0.112. The topological polar surface area (TPSA) is 18.5 Å². The highest BCUT2D eigenvalue weighted by Gasteiger charge is 2.46. The molecular weight excluding hydrogens is 281 g/mol. The molecule has 3 atom stereocenters. The molecule has 1 aromatic carbocycles. The van der Waals surface area contributed by atoms with Crippen LogP contribution in [0.5, 0.6) is 0 Å². The van der Waals surface area contributed by atoms with Gasteiger partial charge in [-0.05, 0) is 12.0 Å². The normalized spacial score (nSPS) is 26.1. The van der Waals surface area contributed by atoms with Crippen molar-refractivity contribution in [3.63, 3.8) is 0 Å². The number of ether oxygens (including phenoxy) is 2. The number of benzene rings is 1. The number of alkyl halides is 3. The minimum atomic E-state index is -4.44. The molecule has 1 aliphatic heterocycles. The molecule has 0 saturated heterocycles. The van der Waals surface area contributed by atoms with Gasteiger partial charge < -0.3 is 9.47 Å². The van der Waals surface area contributed by atoms with E-state index in [4.69, 9.17) is 9.47 Å². The molecule has 116 valence electrons. The Kier molecular flexibility index (Phi) is 4.93. The zero-order chi connectivity index (χ0) is 15.5. The second-order valence-corrected chi connectivity index (χ2v) is 5.23. The van der Waals surface area contributed by atoms with Crippen LogP contribution in [0.15, 0.2) is 42.2 Å². The van der Waals surface area contributed by atoms with Crippen LogP contribution in [-0.4, -0.2) is 18.4 Å². The highest BCUT2D eigenvalue weighted by molar-refractivity contribution is 5.18. The standard InChI is InChI=1S/C16H19F3O2/c1-3-14-11(2)15(13(10-20-14)16(17,18)19)21-9-12-7-5-4-6-8-12/h4-8,10-11,14-15H,3,9H2,1-2H3/t11-,14+,15-/m0/s1. The van der Waals surface area contributed by atoms with E-state index in [1.54, 1.807) is 6.92 Å². The van der Waals surface area contributed by atoms with Crippen molar-refractivity contribution in [2.24, 2.45) is 5.92 Å². The van der Waals surface area contributed by atoms with Gasteiger partial charge in [-0.3, -0.25) is 0 Å². The second-order valence-electron chi connectivity index (χ2n) is 5.23. The molecule has 0 amide bonds. The zero-order valence-electron chi connectivity index (χ0n) is 12.1. The molecule has 1 aliphatic rings. The van der Waals surface area contributed by atoms with Gasteiger partial charge in [0.2, 0.25) is 0 Å². The average Bonchev–Trinajstić information content (AvgIpc) is 2.45. The first-order valence-electron chi connectivity index (χ1n) is 7.01. The molecule has 21 heavy (non-hydrogen) atoms. The van der Waals surface area contributed by atoms with E-state index in [-0.39, 0.29) is 18.6 Å². The van der Waals surface area contributed by atoms with Gasteiger partial charge >= 0.3 is 6.18 Å². The van der Waals surface area contributed by atoms with E-state index in [0.29, 0.717) is 6.42 Å². The Morgan fingerprint density at radius 2 is 1.86 bits per heavy atom. The Morgan fingerprint density at radius 1 is 1.19 bits per heavy atom. The molecule has 0 fully saturated rings. The lowest BCUT2D eigenvalue weighted by atomic mass is 9.89. The zero-order valence-corrected chi connectivity index (χ0v) is 12.1.